The molecule has 1 fully saturated rings. The summed E-state index contributed by atoms with van der Waals surface area (Å²) in [5, 5.41) is 1.67. The summed E-state index contributed by atoms with van der Waals surface area (Å²) >= 11 is 6.05. The summed E-state index contributed by atoms with van der Waals surface area (Å²) in [4.78, 5) is 6.87. The Balaban J connectivity index is 0.00000216. The molecular formula is C27H35Cl3N2O3. The van der Waals surface area contributed by atoms with Gasteiger partial charge in [-0.1, -0.05) is 24.1 Å². The minimum Gasteiger partial charge on any atom is -0.493 e. The van der Waals surface area contributed by atoms with E-state index in [1.165, 1.54) is 37.9 Å². The summed E-state index contributed by atoms with van der Waals surface area (Å²) in [7, 11) is 1.71. The van der Waals surface area contributed by atoms with Crippen LogP contribution >= 0.6 is 36.4 Å². The van der Waals surface area contributed by atoms with Crippen LogP contribution in [0.3, 0.4) is 0 Å². The Morgan fingerprint density at radius 3 is 2.31 bits per heavy atom. The molecule has 5 nitrogen and oxygen atoms in total. The van der Waals surface area contributed by atoms with Crippen LogP contribution in [-0.4, -0.2) is 43.3 Å². The van der Waals surface area contributed by atoms with Crippen molar-refractivity contribution in [2.24, 2.45) is 0 Å². The van der Waals surface area contributed by atoms with Crippen LogP contribution in [0.15, 0.2) is 48.7 Å². The fourth-order valence-electron chi connectivity index (χ4n) is 4.27. The Labute approximate surface area is 225 Å². The van der Waals surface area contributed by atoms with Gasteiger partial charge < -0.3 is 14.2 Å². The molecule has 0 bridgehead atoms. The predicted octanol–water partition coefficient (Wildman–Crippen LogP) is 7.35. The van der Waals surface area contributed by atoms with Gasteiger partial charge in [0.1, 0.15) is 5.75 Å². The van der Waals surface area contributed by atoms with Gasteiger partial charge >= 0.3 is 0 Å². The van der Waals surface area contributed by atoms with E-state index in [1.807, 2.05) is 30.3 Å². The first kappa shape index (κ1) is 29.3. The number of likely N-dealkylation sites (tertiary alicyclic amines) is 1. The Bertz CT molecular complexity index is 1050. The predicted molar refractivity (Wildman–Crippen MR) is 148 cm³/mol. The maximum absolute atomic E-state index is 6.05. The van der Waals surface area contributed by atoms with Gasteiger partial charge in [-0.05, 0) is 87.2 Å². The van der Waals surface area contributed by atoms with Crippen molar-refractivity contribution in [1.82, 2.24) is 9.88 Å². The fraction of sp³-hybridized carbons (Fsp3) is 0.444. The van der Waals surface area contributed by atoms with E-state index in [9.17, 15) is 0 Å². The average molecular weight is 542 g/mol. The van der Waals surface area contributed by atoms with Gasteiger partial charge in [0.05, 0.1) is 25.8 Å². The van der Waals surface area contributed by atoms with Gasteiger partial charge in [0, 0.05) is 23.2 Å². The molecule has 1 saturated heterocycles. The molecule has 4 rings (SSSR count). The average Bonchev–Trinajstić information content (AvgIpc) is 2.84. The molecule has 192 valence electrons. The first-order valence-electron chi connectivity index (χ1n) is 11.9. The standard InChI is InChI=1S/C27H33ClN2O3.2ClH/c1-31-27-18-21(20-30-14-4-2-5-15-30)8-11-26(27)33-17-7-3-6-16-32-25-12-13-29-24-19-22(28)9-10-23(24)25;;/h8-13,18-19H,2-7,14-17,20H2,1H3;2*1H. The third-order valence-electron chi connectivity index (χ3n) is 6.05. The number of nitrogens with zero attached hydrogens (tertiary/aromatic N) is 2. The third kappa shape index (κ3) is 8.60. The second-order valence-corrected chi connectivity index (χ2v) is 8.99. The molecule has 1 aliphatic heterocycles. The second kappa shape index (κ2) is 15.2. The van der Waals surface area contributed by atoms with Crippen molar-refractivity contribution in [2.45, 2.75) is 45.1 Å². The van der Waals surface area contributed by atoms with Crippen LogP contribution in [0.1, 0.15) is 44.1 Å². The highest BCUT2D eigenvalue weighted by molar-refractivity contribution is 6.31. The Morgan fingerprint density at radius 1 is 0.829 bits per heavy atom. The molecule has 1 aliphatic rings. The molecule has 0 unspecified atom stereocenters. The number of hydrogen-bond acceptors (Lipinski definition) is 5. The highest BCUT2D eigenvalue weighted by atomic mass is 35.5. The molecule has 0 amide bonds. The van der Waals surface area contributed by atoms with Gasteiger partial charge in [-0.2, -0.15) is 0 Å². The largest absolute Gasteiger partial charge is 0.493 e. The van der Waals surface area contributed by atoms with Crippen molar-refractivity contribution in [1.29, 1.82) is 0 Å². The molecule has 1 aromatic heterocycles. The lowest BCUT2D eigenvalue weighted by molar-refractivity contribution is 0.220. The lowest BCUT2D eigenvalue weighted by atomic mass is 10.1. The molecule has 35 heavy (non-hydrogen) atoms. The molecule has 2 heterocycles. The number of aromatic nitrogens is 1. The van der Waals surface area contributed by atoms with Crippen LogP contribution in [0.2, 0.25) is 5.02 Å². The van der Waals surface area contributed by atoms with Crippen molar-refractivity contribution < 1.29 is 14.2 Å². The first-order valence-corrected chi connectivity index (χ1v) is 12.3. The first-order chi connectivity index (χ1) is 16.2. The summed E-state index contributed by atoms with van der Waals surface area (Å²) < 4.78 is 17.6. The van der Waals surface area contributed by atoms with E-state index in [4.69, 9.17) is 25.8 Å². The number of piperidine rings is 1. The van der Waals surface area contributed by atoms with Crippen LogP contribution in [0.25, 0.3) is 10.9 Å². The molecule has 0 spiro atoms. The summed E-state index contributed by atoms with van der Waals surface area (Å²) in [6, 6.07) is 13.9. The van der Waals surface area contributed by atoms with E-state index < -0.39 is 0 Å². The quantitative estimate of drug-likeness (QED) is 0.237. The van der Waals surface area contributed by atoms with E-state index in [0.717, 1.165) is 54.0 Å². The van der Waals surface area contributed by atoms with Crippen LogP contribution < -0.4 is 14.2 Å². The minimum atomic E-state index is 0. The van der Waals surface area contributed by atoms with E-state index in [0.29, 0.717) is 18.2 Å². The Morgan fingerprint density at radius 2 is 1.57 bits per heavy atom. The number of fused-ring (bicyclic) bond motifs is 1. The number of ether oxygens (including phenoxy) is 3. The van der Waals surface area contributed by atoms with Crippen LogP contribution in [0.5, 0.6) is 17.2 Å². The lowest BCUT2D eigenvalue weighted by Crippen LogP contribution is -2.29. The zero-order valence-electron chi connectivity index (χ0n) is 20.2. The molecule has 0 saturated carbocycles. The monoisotopic (exact) mass is 540 g/mol. The van der Waals surface area contributed by atoms with E-state index in [1.54, 1.807) is 13.3 Å². The van der Waals surface area contributed by atoms with Crippen molar-refractivity contribution >= 4 is 47.3 Å². The van der Waals surface area contributed by atoms with Crippen molar-refractivity contribution in [3.05, 3.63) is 59.2 Å². The molecular weight excluding hydrogens is 507 g/mol. The highest BCUT2D eigenvalue weighted by Crippen LogP contribution is 2.29. The molecule has 0 N–H and O–H groups in total. The van der Waals surface area contributed by atoms with Crippen LogP contribution in [0.4, 0.5) is 0 Å². The number of benzene rings is 2. The van der Waals surface area contributed by atoms with Gasteiger partial charge in [-0.3, -0.25) is 9.88 Å². The number of halogens is 3. The van der Waals surface area contributed by atoms with Crippen LogP contribution in [-0.2, 0) is 6.54 Å². The summed E-state index contributed by atoms with van der Waals surface area (Å²) in [6.07, 6.45) is 8.68. The van der Waals surface area contributed by atoms with Crippen molar-refractivity contribution in [3.63, 3.8) is 0 Å². The molecule has 0 radical (unpaired) electrons. The zero-order valence-corrected chi connectivity index (χ0v) is 22.6. The number of unbranched alkanes of at least 4 members (excludes halogenated alkanes) is 2. The maximum atomic E-state index is 6.05. The van der Waals surface area contributed by atoms with Crippen LogP contribution in [0, 0.1) is 0 Å². The molecule has 0 aliphatic carbocycles. The molecule has 8 heteroatoms. The van der Waals surface area contributed by atoms with Gasteiger partial charge in [-0.25, -0.2) is 0 Å². The van der Waals surface area contributed by atoms with E-state index in [-0.39, 0.29) is 24.8 Å². The van der Waals surface area contributed by atoms with Crippen molar-refractivity contribution in [3.8, 4) is 17.2 Å². The second-order valence-electron chi connectivity index (χ2n) is 8.55. The fourth-order valence-corrected chi connectivity index (χ4v) is 4.44. The van der Waals surface area contributed by atoms with E-state index in [2.05, 4.69) is 22.0 Å². The third-order valence-corrected chi connectivity index (χ3v) is 6.29. The molecule has 0 atom stereocenters. The smallest absolute Gasteiger partial charge is 0.161 e. The normalized spacial score (nSPS) is 13.5. The molecule has 2 aromatic carbocycles. The highest BCUT2D eigenvalue weighted by Gasteiger charge is 2.12. The van der Waals surface area contributed by atoms with E-state index >= 15 is 0 Å². The lowest BCUT2D eigenvalue weighted by Gasteiger charge is -2.26. The topological polar surface area (TPSA) is 43.8 Å². The summed E-state index contributed by atoms with van der Waals surface area (Å²) in [6.45, 7) is 4.69. The number of rotatable bonds is 11. The zero-order chi connectivity index (χ0) is 22.9. The number of methoxy groups -OCH3 is 1. The van der Waals surface area contributed by atoms with Gasteiger partial charge in [0.2, 0.25) is 0 Å². The van der Waals surface area contributed by atoms with Gasteiger partial charge in [0.15, 0.2) is 11.5 Å². The van der Waals surface area contributed by atoms with Crippen molar-refractivity contribution in [2.75, 3.05) is 33.4 Å². The number of hydrogen-bond donors (Lipinski definition) is 0. The summed E-state index contributed by atoms with van der Waals surface area (Å²) in [5.41, 5.74) is 2.13. The Kier molecular flexibility index (Phi) is 12.8. The SMILES string of the molecule is COc1cc(CN2CCCCC2)ccc1OCCCCCOc1ccnc2cc(Cl)ccc12.Cl.Cl. The minimum absolute atomic E-state index is 0. The van der Waals surface area contributed by atoms with Gasteiger partial charge in [0.25, 0.3) is 0 Å². The molecule has 3 aromatic rings. The van der Waals surface area contributed by atoms with Gasteiger partial charge in [-0.15, -0.1) is 24.8 Å². The number of pyridine rings is 1. The summed E-state index contributed by atoms with van der Waals surface area (Å²) in [5.74, 6) is 2.48. The maximum Gasteiger partial charge on any atom is 0.161 e. The Hall–Kier alpha value is -1.92.